The molecule has 0 bridgehead atoms. The molecule has 0 spiro atoms. The van der Waals surface area contributed by atoms with E-state index in [9.17, 15) is 4.39 Å². The molecule has 7 heteroatoms. The fraction of sp³-hybridized carbons (Fsp3) is 0. The Kier molecular flexibility index (Phi) is 4.26. The molecule has 0 aliphatic carbocycles. The summed E-state index contributed by atoms with van der Waals surface area (Å²) in [5.41, 5.74) is 1.50. The molecule has 0 unspecified atom stereocenters. The van der Waals surface area contributed by atoms with Gasteiger partial charge in [0.25, 0.3) is 0 Å². The van der Waals surface area contributed by atoms with Gasteiger partial charge in [0.05, 0.1) is 6.21 Å². The third kappa shape index (κ3) is 3.20. The average Bonchev–Trinajstić information content (AvgIpc) is 2.86. The topological polar surface area (TPSA) is 46.0 Å². The van der Waals surface area contributed by atoms with Crippen LogP contribution in [0.5, 0.6) is 0 Å². The Balaban J connectivity index is 2.01. The van der Waals surface area contributed by atoms with E-state index in [-0.39, 0.29) is 5.82 Å². The predicted octanol–water partition coefficient (Wildman–Crippen LogP) is 4.39. The van der Waals surface area contributed by atoms with Crippen LogP contribution in [-0.4, -0.2) is 21.1 Å². The second-order valence-electron chi connectivity index (χ2n) is 4.47. The Bertz CT molecular complexity index is 900. The van der Waals surface area contributed by atoms with E-state index in [4.69, 9.17) is 12.2 Å². The van der Waals surface area contributed by atoms with Crippen LogP contribution in [0.15, 0.2) is 58.1 Å². The second kappa shape index (κ2) is 6.33. The minimum absolute atomic E-state index is 0.338. The van der Waals surface area contributed by atoms with Gasteiger partial charge in [-0.2, -0.15) is 14.9 Å². The van der Waals surface area contributed by atoms with Gasteiger partial charge in [0.1, 0.15) is 5.82 Å². The van der Waals surface area contributed by atoms with Crippen LogP contribution in [0, 0.1) is 10.6 Å². The Morgan fingerprint density at radius 3 is 2.82 bits per heavy atom. The van der Waals surface area contributed by atoms with Gasteiger partial charge >= 0.3 is 0 Å². The summed E-state index contributed by atoms with van der Waals surface area (Å²) >= 11 is 8.58. The first kappa shape index (κ1) is 14.8. The van der Waals surface area contributed by atoms with Gasteiger partial charge in [0, 0.05) is 10.0 Å². The van der Waals surface area contributed by atoms with Crippen LogP contribution in [0.3, 0.4) is 0 Å². The smallest absolute Gasteiger partial charge is 0.216 e. The molecule has 0 radical (unpaired) electrons. The van der Waals surface area contributed by atoms with Gasteiger partial charge in [-0.1, -0.05) is 40.2 Å². The number of hydrogen-bond acceptors (Lipinski definition) is 3. The monoisotopic (exact) mass is 376 g/mol. The van der Waals surface area contributed by atoms with Crippen molar-refractivity contribution in [3.8, 4) is 11.4 Å². The molecule has 1 N–H and O–H groups in total. The van der Waals surface area contributed by atoms with Crippen LogP contribution in [0.4, 0.5) is 4.39 Å². The summed E-state index contributed by atoms with van der Waals surface area (Å²) in [7, 11) is 0. The number of nitrogens with one attached hydrogen (secondary N) is 1. The molecule has 0 aliphatic rings. The molecule has 0 saturated carbocycles. The Morgan fingerprint density at radius 2 is 2.05 bits per heavy atom. The highest BCUT2D eigenvalue weighted by Gasteiger charge is 2.08. The van der Waals surface area contributed by atoms with E-state index >= 15 is 0 Å². The Morgan fingerprint density at radius 1 is 1.23 bits per heavy atom. The first-order chi connectivity index (χ1) is 10.6. The van der Waals surface area contributed by atoms with Crippen LogP contribution in [-0.2, 0) is 0 Å². The van der Waals surface area contributed by atoms with Gasteiger partial charge in [-0.25, -0.2) is 9.49 Å². The number of nitrogens with zero attached hydrogens (tertiary/aromatic N) is 3. The van der Waals surface area contributed by atoms with Gasteiger partial charge < -0.3 is 0 Å². The summed E-state index contributed by atoms with van der Waals surface area (Å²) in [6.07, 6.45) is 1.67. The molecule has 0 saturated heterocycles. The lowest BCUT2D eigenvalue weighted by molar-refractivity contribution is 0.628. The first-order valence-corrected chi connectivity index (χ1v) is 7.57. The van der Waals surface area contributed by atoms with Crippen molar-refractivity contribution < 1.29 is 4.39 Å². The molecule has 0 atom stereocenters. The SMILES string of the molecule is Fc1cccc(-c2n[nH]c(=S)n2/N=C\c2cccc(Br)c2)c1. The normalized spacial score (nSPS) is 11.2. The van der Waals surface area contributed by atoms with E-state index in [0.29, 0.717) is 16.2 Å². The lowest BCUT2D eigenvalue weighted by atomic mass is 10.2. The summed E-state index contributed by atoms with van der Waals surface area (Å²) < 4.78 is 16.1. The first-order valence-electron chi connectivity index (χ1n) is 6.37. The van der Waals surface area contributed by atoms with Gasteiger partial charge in [0.2, 0.25) is 4.77 Å². The number of hydrogen-bond donors (Lipinski definition) is 1. The fourth-order valence-electron chi connectivity index (χ4n) is 1.92. The highest BCUT2D eigenvalue weighted by molar-refractivity contribution is 9.10. The second-order valence-corrected chi connectivity index (χ2v) is 5.78. The van der Waals surface area contributed by atoms with Gasteiger partial charge in [0.15, 0.2) is 5.82 Å². The van der Waals surface area contributed by atoms with Crippen molar-refractivity contribution in [1.82, 2.24) is 14.9 Å². The van der Waals surface area contributed by atoms with Crippen LogP contribution in [0.2, 0.25) is 0 Å². The lowest BCUT2D eigenvalue weighted by Crippen LogP contribution is -1.95. The number of rotatable bonds is 3. The molecule has 3 rings (SSSR count). The largest absolute Gasteiger partial charge is 0.250 e. The van der Waals surface area contributed by atoms with E-state index < -0.39 is 0 Å². The molecule has 0 amide bonds. The molecule has 4 nitrogen and oxygen atoms in total. The van der Waals surface area contributed by atoms with E-state index in [1.165, 1.54) is 16.8 Å². The van der Waals surface area contributed by atoms with Crippen molar-refractivity contribution in [1.29, 1.82) is 0 Å². The molecule has 22 heavy (non-hydrogen) atoms. The zero-order chi connectivity index (χ0) is 15.5. The number of aromatic amines is 1. The standard InChI is InChI=1S/C15H10BrFN4S/c16-12-5-1-3-10(7-12)9-18-21-14(19-20-15(21)22)11-4-2-6-13(17)8-11/h1-9H,(H,20,22)/b18-9-. The van der Waals surface area contributed by atoms with Crippen LogP contribution >= 0.6 is 28.1 Å². The number of H-pyrrole nitrogens is 1. The summed E-state index contributed by atoms with van der Waals surface area (Å²) in [5, 5.41) is 11.1. The van der Waals surface area contributed by atoms with Crippen molar-refractivity contribution in [3.63, 3.8) is 0 Å². The van der Waals surface area contributed by atoms with Gasteiger partial charge in [-0.15, -0.1) is 0 Å². The maximum Gasteiger partial charge on any atom is 0.216 e. The number of benzene rings is 2. The molecule has 2 aromatic carbocycles. The van der Waals surface area contributed by atoms with Crippen molar-refractivity contribution in [2.45, 2.75) is 0 Å². The van der Waals surface area contributed by atoms with Crippen LogP contribution in [0.1, 0.15) is 5.56 Å². The van der Waals surface area contributed by atoms with Crippen molar-refractivity contribution in [2.75, 3.05) is 0 Å². The summed E-state index contributed by atoms with van der Waals surface area (Å²) in [6, 6.07) is 13.8. The molecular weight excluding hydrogens is 367 g/mol. The predicted molar refractivity (Wildman–Crippen MR) is 89.9 cm³/mol. The number of aromatic nitrogens is 3. The van der Waals surface area contributed by atoms with E-state index in [0.717, 1.165) is 10.0 Å². The van der Waals surface area contributed by atoms with E-state index in [1.807, 2.05) is 24.3 Å². The third-order valence-electron chi connectivity index (χ3n) is 2.90. The molecule has 0 aliphatic heterocycles. The Hall–Kier alpha value is -2.12. The maximum atomic E-state index is 13.4. The highest BCUT2D eigenvalue weighted by Crippen LogP contribution is 2.18. The molecular formula is C15H10BrFN4S. The molecule has 110 valence electrons. The zero-order valence-electron chi connectivity index (χ0n) is 11.2. The molecule has 1 heterocycles. The summed E-state index contributed by atoms with van der Waals surface area (Å²) in [6.45, 7) is 0. The zero-order valence-corrected chi connectivity index (χ0v) is 13.6. The van der Waals surface area contributed by atoms with Crippen molar-refractivity contribution in [3.05, 3.63) is 69.2 Å². The summed E-state index contributed by atoms with van der Waals surface area (Å²) in [4.78, 5) is 0. The van der Waals surface area contributed by atoms with Crippen molar-refractivity contribution >= 4 is 34.4 Å². The van der Waals surface area contributed by atoms with Crippen LogP contribution < -0.4 is 0 Å². The average molecular weight is 377 g/mol. The molecule has 1 aromatic heterocycles. The minimum atomic E-state index is -0.339. The highest BCUT2D eigenvalue weighted by atomic mass is 79.9. The fourth-order valence-corrected chi connectivity index (χ4v) is 2.52. The molecule has 0 fully saturated rings. The van der Waals surface area contributed by atoms with Crippen LogP contribution in [0.25, 0.3) is 11.4 Å². The van der Waals surface area contributed by atoms with E-state index in [1.54, 1.807) is 18.3 Å². The summed E-state index contributed by atoms with van der Waals surface area (Å²) in [5.74, 6) is 0.115. The van der Waals surface area contributed by atoms with Gasteiger partial charge in [-0.3, -0.25) is 0 Å². The lowest BCUT2D eigenvalue weighted by Gasteiger charge is -2.01. The van der Waals surface area contributed by atoms with Gasteiger partial charge in [-0.05, 0) is 42.0 Å². The Labute approximate surface area is 139 Å². The third-order valence-corrected chi connectivity index (χ3v) is 3.66. The molecule has 3 aromatic rings. The van der Waals surface area contributed by atoms with E-state index in [2.05, 4.69) is 31.2 Å². The quantitative estimate of drug-likeness (QED) is 0.544. The maximum absolute atomic E-state index is 13.4. The van der Waals surface area contributed by atoms with Crippen molar-refractivity contribution in [2.24, 2.45) is 5.10 Å². The number of halogens is 2. The minimum Gasteiger partial charge on any atom is -0.250 e.